The molecule has 128 valence electrons. The van der Waals surface area contributed by atoms with E-state index < -0.39 is 0 Å². The van der Waals surface area contributed by atoms with Crippen LogP contribution in [0.1, 0.15) is 27.2 Å². The Balaban J connectivity index is 1.62. The molecular weight excluding hydrogens is 326 g/mol. The van der Waals surface area contributed by atoms with Gasteiger partial charge in [0.25, 0.3) is 0 Å². The molecule has 3 aromatic heterocycles. The normalized spacial score (nSPS) is 11.0. The first-order chi connectivity index (χ1) is 12.6. The van der Waals surface area contributed by atoms with Gasteiger partial charge in [-0.3, -0.25) is 9.78 Å². The van der Waals surface area contributed by atoms with E-state index in [-0.39, 0.29) is 12.2 Å². The van der Waals surface area contributed by atoms with Crippen LogP contribution in [0.2, 0.25) is 0 Å². The SMILES string of the molecule is Cc1cc(C)cc(C(=O)Cc2cc(-c3nc4ncccc4o3)ccn2)c1. The van der Waals surface area contributed by atoms with Gasteiger partial charge in [0, 0.05) is 29.2 Å². The maximum atomic E-state index is 12.6. The van der Waals surface area contributed by atoms with Gasteiger partial charge in [0.1, 0.15) is 0 Å². The molecule has 0 aliphatic heterocycles. The quantitative estimate of drug-likeness (QED) is 0.516. The van der Waals surface area contributed by atoms with E-state index in [1.165, 1.54) is 0 Å². The Bertz CT molecular complexity index is 1060. The Kier molecular flexibility index (Phi) is 4.05. The Labute approximate surface area is 150 Å². The highest BCUT2D eigenvalue weighted by Gasteiger charge is 2.13. The van der Waals surface area contributed by atoms with Crippen molar-refractivity contribution in [2.24, 2.45) is 0 Å². The number of aryl methyl sites for hydroxylation is 2. The third-order valence-corrected chi connectivity index (χ3v) is 4.11. The summed E-state index contributed by atoms with van der Waals surface area (Å²) >= 11 is 0. The number of pyridine rings is 2. The zero-order chi connectivity index (χ0) is 18.1. The highest BCUT2D eigenvalue weighted by atomic mass is 16.3. The summed E-state index contributed by atoms with van der Waals surface area (Å²) in [6.07, 6.45) is 3.58. The number of benzene rings is 1. The van der Waals surface area contributed by atoms with Crippen LogP contribution in [0, 0.1) is 13.8 Å². The molecule has 0 aliphatic rings. The molecule has 0 spiro atoms. The molecule has 0 bridgehead atoms. The molecule has 4 rings (SSSR count). The summed E-state index contributed by atoms with van der Waals surface area (Å²) in [5.74, 6) is 0.516. The Hall–Kier alpha value is -3.34. The molecule has 0 N–H and O–H groups in total. The summed E-state index contributed by atoms with van der Waals surface area (Å²) < 4.78 is 5.74. The van der Waals surface area contributed by atoms with Crippen LogP contribution >= 0.6 is 0 Å². The molecule has 0 atom stereocenters. The molecule has 0 saturated heterocycles. The first kappa shape index (κ1) is 16.1. The molecule has 1 aromatic carbocycles. The van der Waals surface area contributed by atoms with E-state index in [1.54, 1.807) is 18.5 Å². The second kappa shape index (κ2) is 6.52. The lowest BCUT2D eigenvalue weighted by molar-refractivity contribution is 0.0992. The van der Waals surface area contributed by atoms with Crippen LogP contribution in [0.15, 0.2) is 59.3 Å². The van der Waals surface area contributed by atoms with Crippen LogP contribution in [0.25, 0.3) is 22.7 Å². The third-order valence-electron chi connectivity index (χ3n) is 4.11. The average Bonchev–Trinajstić information content (AvgIpc) is 3.05. The van der Waals surface area contributed by atoms with Gasteiger partial charge < -0.3 is 4.42 Å². The Morgan fingerprint density at radius 3 is 2.58 bits per heavy atom. The number of hydrogen-bond acceptors (Lipinski definition) is 5. The topological polar surface area (TPSA) is 68.9 Å². The monoisotopic (exact) mass is 343 g/mol. The van der Waals surface area contributed by atoms with Gasteiger partial charge in [-0.1, -0.05) is 17.2 Å². The van der Waals surface area contributed by atoms with Crippen molar-refractivity contribution in [1.29, 1.82) is 0 Å². The van der Waals surface area contributed by atoms with Crippen molar-refractivity contribution in [1.82, 2.24) is 15.0 Å². The van der Waals surface area contributed by atoms with Gasteiger partial charge >= 0.3 is 0 Å². The predicted octanol–water partition coefficient (Wildman–Crippen LogP) is 4.33. The number of carbonyl (C=O) groups is 1. The van der Waals surface area contributed by atoms with Gasteiger partial charge in [-0.2, -0.15) is 4.98 Å². The maximum absolute atomic E-state index is 12.6. The van der Waals surface area contributed by atoms with Crippen molar-refractivity contribution in [2.45, 2.75) is 20.3 Å². The smallest absolute Gasteiger partial charge is 0.229 e. The molecule has 3 heterocycles. The van der Waals surface area contributed by atoms with Gasteiger partial charge in [0.2, 0.25) is 5.89 Å². The highest BCUT2D eigenvalue weighted by molar-refractivity contribution is 5.97. The van der Waals surface area contributed by atoms with Gasteiger partial charge in [0.15, 0.2) is 17.0 Å². The summed E-state index contributed by atoms with van der Waals surface area (Å²) in [5, 5.41) is 0. The van der Waals surface area contributed by atoms with Crippen LogP contribution < -0.4 is 0 Å². The summed E-state index contributed by atoms with van der Waals surface area (Å²) in [5.41, 5.74) is 5.52. The molecule has 26 heavy (non-hydrogen) atoms. The summed E-state index contributed by atoms with van der Waals surface area (Å²) in [4.78, 5) is 25.5. The summed E-state index contributed by atoms with van der Waals surface area (Å²) in [6.45, 7) is 3.98. The maximum Gasteiger partial charge on any atom is 0.229 e. The first-order valence-corrected chi connectivity index (χ1v) is 8.37. The van der Waals surface area contributed by atoms with Crippen LogP contribution in [-0.4, -0.2) is 20.7 Å². The highest BCUT2D eigenvalue weighted by Crippen LogP contribution is 2.23. The second-order valence-corrected chi connectivity index (χ2v) is 6.36. The number of oxazole rings is 1. The minimum Gasteiger partial charge on any atom is -0.434 e. The summed E-state index contributed by atoms with van der Waals surface area (Å²) in [7, 11) is 0. The van der Waals surface area contributed by atoms with Crippen molar-refractivity contribution in [3.63, 3.8) is 0 Å². The number of fused-ring (bicyclic) bond motifs is 1. The Morgan fingerprint density at radius 1 is 1.00 bits per heavy atom. The number of Topliss-reactive ketones (excluding diaryl/α,β-unsaturated/α-hetero) is 1. The van der Waals surface area contributed by atoms with E-state index in [9.17, 15) is 4.79 Å². The van der Waals surface area contributed by atoms with Gasteiger partial charge in [-0.15, -0.1) is 0 Å². The van der Waals surface area contributed by atoms with E-state index >= 15 is 0 Å². The average molecular weight is 343 g/mol. The van der Waals surface area contributed by atoms with Gasteiger partial charge in [0.05, 0.1) is 6.42 Å². The molecular formula is C21H17N3O2. The zero-order valence-electron chi connectivity index (χ0n) is 14.6. The molecule has 0 aliphatic carbocycles. The fourth-order valence-corrected chi connectivity index (χ4v) is 3.00. The minimum atomic E-state index is 0.0423. The lowest BCUT2D eigenvalue weighted by Gasteiger charge is -2.05. The van der Waals surface area contributed by atoms with E-state index in [0.717, 1.165) is 16.7 Å². The van der Waals surface area contributed by atoms with E-state index in [1.807, 2.05) is 44.2 Å². The number of nitrogens with zero attached hydrogens (tertiary/aromatic N) is 3. The van der Waals surface area contributed by atoms with Crippen molar-refractivity contribution >= 4 is 17.0 Å². The van der Waals surface area contributed by atoms with Crippen LogP contribution in [0.5, 0.6) is 0 Å². The van der Waals surface area contributed by atoms with Gasteiger partial charge in [-0.25, -0.2) is 4.98 Å². The number of carbonyl (C=O) groups excluding carboxylic acids is 1. The molecule has 5 nitrogen and oxygen atoms in total. The summed E-state index contributed by atoms with van der Waals surface area (Å²) in [6, 6.07) is 13.2. The van der Waals surface area contributed by atoms with Crippen molar-refractivity contribution in [3.8, 4) is 11.5 Å². The molecule has 0 amide bonds. The number of hydrogen-bond donors (Lipinski definition) is 0. The molecule has 0 radical (unpaired) electrons. The fourth-order valence-electron chi connectivity index (χ4n) is 3.00. The Morgan fingerprint density at radius 2 is 1.81 bits per heavy atom. The predicted molar refractivity (Wildman–Crippen MR) is 99.0 cm³/mol. The van der Waals surface area contributed by atoms with E-state index in [0.29, 0.717) is 28.4 Å². The van der Waals surface area contributed by atoms with Crippen molar-refractivity contribution < 1.29 is 9.21 Å². The van der Waals surface area contributed by atoms with Crippen molar-refractivity contribution in [2.75, 3.05) is 0 Å². The number of rotatable bonds is 4. The standard InChI is InChI=1S/C21H17N3O2/c1-13-8-14(2)10-16(9-13)18(25)12-17-11-15(5-7-22-17)21-24-20-19(26-21)4-3-6-23-20/h3-11H,12H2,1-2H3. The van der Waals surface area contributed by atoms with E-state index in [2.05, 4.69) is 21.0 Å². The number of aromatic nitrogens is 3. The van der Waals surface area contributed by atoms with Crippen LogP contribution in [0.4, 0.5) is 0 Å². The van der Waals surface area contributed by atoms with Crippen molar-refractivity contribution in [3.05, 3.63) is 77.2 Å². The van der Waals surface area contributed by atoms with Gasteiger partial charge in [-0.05, 0) is 50.2 Å². The minimum absolute atomic E-state index is 0.0423. The molecule has 0 fully saturated rings. The lowest BCUT2D eigenvalue weighted by Crippen LogP contribution is -2.06. The second-order valence-electron chi connectivity index (χ2n) is 6.36. The first-order valence-electron chi connectivity index (χ1n) is 8.37. The zero-order valence-corrected chi connectivity index (χ0v) is 14.6. The lowest BCUT2D eigenvalue weighted by atomic mass is 10.0. The molecule has 0 unspecified atom stereocenters. The number of ketones is 1. The molecule has 5 heteroatoms. The van der Waals surface area contributed by atoms with Crippen LogP contribution in [-0.2, 0) is 6.42 Å². The fraction of sp³-hybridized carbons (Fsp3) is 0.143. The largest absolute Gasteiger partial charge is 0.434 e. The van der Waals surface area contributed by atoms with E-state index in [4.69, 9.17) is 4.42 Å². The molecule has 4 aromatic rings. The van der Waals surface area contributed by atoms with Crippen LogP contribution in [0.3, 0.4) is 0 Å². The molecule has 0 saturated carbocycles. The third kappa shape index (κ3) is 3.24.